The van der Waals surface area contributed by atoms with Crippen molar-refractivity contribution < 1.29 is 4.79 Å². The monoisotopic (exact) mass is 202 g/mol. The van der Waals surface area contributed by atoms with Crippen LogP contribution in [0, 0.1) is 0 Å². The Morgan fingerprint density at radius 3 is 2.93 bits per heavy atom. The van der Waals surface area contributed by atoms with Gasteiger partial charge in [-0.2, -0.15) is 0 Å². The van der Waals surface area contributed by atoms with Crippen molar-refractivity contribution in [3.8, 4) is 0 Å². The number of fused-ring (bicyclic) bond motifs is 1. The van der Waals surface area contributed by atoms with Crippen LogP contribution in [-0.4, -0.2) is 17.1 Å². The minimum Gasteiger partial charge on any atom is -0.337 e. The molecule has 0 atom stereocenters. The molecule has 0 aliphatic rings. The third-order valence-corrected chi connectivity index (χ3v) is 2.34. The molecule has 2 rings (SSSR count). The van der Waals surface area contributed by atoms with E-state index in [0.717, 1.165) is 17.3 Å². The molecule has 1 heterocycles. The summed E-state index contributed by atoms with van der Waals surface area (Å²) in [5.74, 6) is 0. The van der Waals surface area contributed by atoms with Crippen LogP contribution in [-0.2, 0) is 0 Å². The molecule has 0 spiro atoms. The summed E-state index contributed by atoms with van der Waals surface area (Å²) in [6.45, 7) is 2.75. The number of nitrogens with one attached hydrogen (secondary N) is 1. The number of carbonyl (C=O) groups excluding carboxylic acids is 1. The normalized spacial score (nSPS) is 10.5. The van der Waals surface area contributed by atoms with Gasteiger partial charge in [-0.15, -0.1) is 0 Å². The fourth-order valence-corrected chi connectivity index (χ4v) is 1.58. The van der Waals surface area contributed by atoms with Gasteiger partial charge in [0, 0.05) is 18.1 Å². The van der Waals surface area contributed by atoms with E-state index in [-0.39, 0.29) is 6.03 Å². The van der Waals surface area contributed by atoms with Crippen molar-refractivity contribution in [3.63, 3.8) is 0 Å². The molecule has 0 unspecified atom stereocenters. The standard InChI is InChI=1S/C12H14N2O/c1-2-8-13-12(15)14-9-7-10-5-3-4-6-11(10)14/h3-7,9H,2,8H2,1H3,(H,13,15). The molecule has 1 N–H and O–H groups in total. The van der Waals surface area contributed by atoms with Crippen molar-refractivity contribution in [2.24, 2.45) is 0 Å². The predicted octanol–water partition coefficient (Wildman–Crippen LogP) is 2.61. The van der Waals surface area contributed by atoms with Crippen molar-refractivity contribution in [1.82, 2.24) is 9.88 Å². The van der Waals surface area contributed by atoms with Gasteiger partial charge < -0.3 is 5.32 Å². The molecule has 0 saturated carbocycles. The van der Waals surface area contributed by atoms with Crippen LogP contribution < -0.4 is 5.32 Å². The van der Waals surface area contributed by atoms with Crippen LogP contribution in [0.3, 0.4) is 0 Å². The molecule has 0 aliphatic heterocycles. The maximum atomic E-state index is 11.7. The molecule has 0 radical (unpaired) electrons. The minimum atomic E-state index is -0.0574. The van der Waals surface area contributed by atoms with Crippen LogP contribution in [0.5, 0.6) is 0 Å². The van der Waals surface area contributed by atoms with Crippen molar-refractivity contribution in [2.45, 2.75) is 13.3 Å². The van der Waals surface area contributed by atoms with Crippen LogP contribution >= 0.6 is 0 Å². The van der Waals surface area contributed by atoms with E-state index in [2.05, 4.69) is 5.32 Å². The quantitative estimate of drug-likeness (QED) is 0.798. The minimum absolute atomic E-state index is 0.0574. The van der Waals surface area contributed by atoms with Gasteiger partial charge in [-0.05, 0) is 18.6 Å². The molecule has 0 fully saturated rings. The number of para-hydroxylation sites is 1. The van der Waals surface area contributed by atoms with E-state index in [9.17, 15) is 4.79 Å². The second-order valence-corrected chi connectivity index (χ2v) is 3.48. The van der Waals surface area contributed by atoms with Gasteiger partial charge in [-0.3, -0.25) is 4.57 Å². The zero-order valence-corrected chi connectivity index (χ0v) is 8.73. The molecule has 0 aliphatic carbocycles. The maximum Gasteiger partial charge on any atom is 0.326 e. The zero-order chi connectivity index (χ0) is 10.7. The first-order chi connectivity index (χ1) is 7.33. The Kier molecular flexibility index (Phi) is 2.72. The number of nitrogens with zero attached hydrogens (tertiary/aromatic N) is 1. The summed E-state index contributed by atoms with van der Waals surface area (Å²) in [7, 11) is 0. The highest BCUT2D eigenvalue weighted by molar-refractivity contribution is 5.91. The summed E-state index contributed by atoms with van der Waals surface area (Å²) < 4.78 is 1.64. The summed E-state index contributed by atoms with van der Waals surface area (Å²) in [5.41, 5.74) is 0.950. The highest BCUT2D eigenvalue weighted by atomic mass is 16.2. The van der Waals surface area contributed by atoms with E-state index in [1.807, 2.05) is 37.3 Å². The lowest BCUT2D eigenvalue weighted by Gasteiger charge is -2.05. The molecule has 1 aromatic heterocycles. The molecule has 15 heavy (non-hydrogen) atoms. The molecule has 2 aromatic rings. The highest BCUT2D eigenvalue weighted by Crippen LogP contribution is 2.14. The molecule has 0 bridgehead atoms. The van der Waals surface area contributed by atoms with Crippen LogP contribution in [0.25, 0.3) is 10.9 Å². The molecule has 3 nitrogen and oxygen atoms in total. The Labute approximate surface area is 88.7 Å². The molecule has 0 saturated heterocycles. The summed E-state index contributed by atoms with van der Waals surface area (Å²) in [4.78, 5) is 11.7. The van der Waals surface area contributed by atoms with Crippen LogP contribution in [0.4, 0.5) is 4.79 Å². The number of benzene rings is 1. The van der Waals surface area contributed by atoms with Crippen molar-refractivity contribution >= 4 is 16.9 Å². The Morgan fingerprint density at radius 2 is 2.13 bits per heavy atom. The van der Waals surface area contributed by atoms with E-state index in [4.69, 9.17) is 0 Å². The molecule has 3 heteroatoms. The van der Waals surface area contributed by atoms with Crippen molar-refractivity contribution in [2.75, 3.05) is 6.54 Å². The first kappa shape index (κ1) is 9.77. The van der Waals surface area contributed by atoms with E-state index in [1.54, 1.807) is 10.8 Å². The zero-order valence-electron chi connectivity index (χ0n) is 8.73. The fourth-order valence-electron chi connectivity index (χ4n) is 1.58. The summed E-state index contributed by atoms with van der Waals surface area (Å²) in [5, 5.41) is 3.94. The third-order valence-electron chi connectivity index (χ3n) is 2.34. The van der Waals surface area contributed by atoms with Gasteiger partial charge in [0.1, 0.15) is 0 Å². The van der Waals surface area contributed by atoms with Crippen molar-refractivity contribution in [3.05, 3.63) is 36.5 Å². The second kappa shape index (κ2) is 4.17. The number of amides is 1. The van der Waals surface area contributed by atoms with Gasteiger partial charge in [0.25, 0.3) is 0 Å². The summed E-state index contributed by atoms with van der Waals surface area (Å²) in [6, 6.07) is 9.74. The lowest BCUT2D eigenvalue weighted by atomic mass is 10.2. The van der Waals surface area contributed by atoms with E-state index in [0.29, 0.717) is 6.54 Å². The smallest absolute Gasteiger partial charge is 0.326 e. The lowest BCUT2D eigenvalue weighted by Crippen LogP contribution is -2.28. The fraction of sp³-hybridized carbons (Fsp3) is 0.250. The van der Waals surface area contributed by atoms with E-state index >= 15 is 0 Å². The van der Waals surface area contributed by atoms with Gasteiger partial charge in [0.05, 0.1) is 5.52 Å². The second-order valence-electron chi connectivity index (χ2n) is 3.48. The molecule has 78 valence electrons. The number of hydrogen-bond acceptors (Lipinski definition) is 1. The maximum absolute atomic E-state index is 11.7. The summed E-state index contributed by atoms with van der Waals surface area (Å²) in [6.07, 6.45) is 2.75. The van der Waals surface area contributed by atoms with Crippen LogP contribution in [0.15, 0.2) is 36.5 Å². The van der Waals surface area contributed by atoms with Crippen LogP contribution in [0.1, 0.15) is 13.3 Å². The average molecular weight is 202 g/mol. The first-order valence-corrected chi connectivity index (χ1v) is 5.17. The Bertz CT molecular complexity index is 473. The Morgan fingerprint density at radius 1 is 1.33 bits per heavy atom. The molecule has 1 amide bonds. The average Bonchev–Trinajstić information content (AvgIpc) is 2.69. The van der Waals surface area contributed by atoms with Gasteiger partial charge in [0.2, 0.25) is 0 Å². The molecular formula is C12H14N2O. The number of rotatable bonds is 2. The summed E-state index contributed by atoms with van der Waals surface area (Å²) >= 11 is 0. The van der Waals surface area contributed by atoms with Gasteiger partial charge in [0.15, 0.2) is 0 Å². The van der Waals surface area contributed by atoms with Crippen molar-refractivity contribution in [1.29, 1.82) is 0 Å². The van der Waals surface area contributed by atoms with Gasteiger partial charge in [-0.1, -0.05) is 25.1 Å². The number of aromatic nitrogens is 1. The SMILES string of the molecule is CCCNC(=O)n1ccc2ccccc21. The molecule has 1 aromatic carbocycles. The Balaban J connectivity index is 2.31. The van der Waals surface area contributed by atoms with E-state index in [1.165, 1.54) is 0 Å². The third kappa shape index (κ3) is 1.86. The Hall–Kier alpha value is -1.77. The largest absolute Gasteiger partial charge is 0.337 e. The topological polar surface area (TPSA) is 34.0 Å². The number of carbonyl (C=O) groups is 1. The lowest BCUT2D eigenvalue weighted by molar-refractivity contribution is 0.243. The highest BCUT2D eigenvalue weighted by Gasteiger charge is 2.06. The number of hydrogen-bond donors (Lipinski definition) is 1. The van der Waals surface area contributed by atoms with Gasteiger partial charge >= 0.3 is 6.03 Å². The van der Waals surface area contributed by atoms with Crippen LogP contribution in [0.2, 0.25) is 0 Å². The predicted molar refractivity (Wildman–Crippen MR) is 61.0 cm³/mol. The van der Waals surface area contributed by atoms with E-state index < -0.39 is 0 Å². The molecular weight excluding hydrogens is 188 g/mol. The van der Waals surface area contributed by atoms with Gasteiger partial charge in [-0.25, -0.2) is 4.79 Å². The first-order valence-electron chi connectivity index (χ1n) is 5.17.